The van der Waals surface area contributed by atoms with E-state index in [1.165, 1.54) is 18.2 Å². The van der Waals surface area contributed by atoms with Gasteiger partial charge in [-0.3, -0.25) is 9.59 Å². The third kappa shape index (κ3) is 3.31. The molecule has 0 atom stereocenters. The summed E-state index contributed by atoms with van der Waals surface area (Å²) in [5, 5.41) is 0. The van der Waals surface area contributed by atoms with Gasteiger partial charge >= 0.3 is 5.97 Å². The number of carbonyl (C=O) groups excluding carboxylic acids is 2. The normalized spacial score (nSPS) is 16.0. The molecule has 1 amide bonds. The predicted octanol–water partition coefficient (Wildman–Crippen LogP) is 1.64. The first-order chi connectivity index (χ1) is 9.61. The zero-order chi connectivity index (χ0) is 14.5. The molecule has 0 spiro atoms. The molecule has 20 heavy (non-hydrogen) atoms. The molecule has 0 bridgehead atoms. The first-order valence-corrected chi connectivity index (χ1v) is 6.70. The van der Waals surface area contributed by atoms with E-state index < -0.39 is 5.95 Å². The third-order valence-corrected chi connectivity index (χ3v) is 3.34. The molecule has 2 rings (SSSR count). The van der Waals surface area contributed by atoms with Gasteiger partial charge in [0, 0.05) is 13.1 Å². The Morgan fingerprint density at radius 2 is 2.10 bits per heavy atom. The Hall–Kier alpha value is -1.98. The van der Waals surface area contributed by atoms with E-state index in [9.17, 15) is 14.0 Å². The molecular formula is C14H17FN2O3. The van der Waals surface area contributed by atoms with Gasteiger partial charge in [0.15, 0.2) is 0 Å². The molecule has 0 unspecified atom stereocenters. The number of nitrogens with zero attached hydrogens (tertiary/aromatic N) is 2. The van der Waals surface area contributed by atoms with E-state index in [0.29, 0.717) is 32.5 Å². The van der Waals surface area contributed by atoms with E-state index in [0.717, 1.165) is 0 Å². The lowest BCUT2D eigenvalue weighted by Gasteiger charge is -2.30. The quantitative estimate of drug-likeness (QED) is 0.624. The first-order valence-electron chi connectivity index (χ1n) is 6.70. The van der Waals surface area contributed by atoms with Crippen molar-refractivity contribution in [3.8, 4) is 0 Å². The van der Waals surface area contributed by atoms with Crippen LogP contribution < -0.4 is 0 Å². The minimum atomic E-state index is -0.669. The van der Waals surface area contributed by atoms with Gasteiger partial charge in [-0.05, 0) is 31.9 Å². The number of piperidine rings is 1. The molecule has 108 valence electrons. The zero-order valence-electron chi connectivity index (χ0n) is 11.3. The molecule has 1 fully saturated rings. The first kappa shape index (κ1) is 14.4. The van der Waals surface area contributed by atoms with Crippen molar-refractivity contribution in [2.45, 2.75) is 19.8 Å². The zero-order valence-corrected chi connectivity index (χ0v) is 11.3. The van der Waals surface area contributed by atoms with Gasteiger partial charge in [-0.1, -0.05) is 6.07 Å². The van der Waals surface area contributed by atoms with Crippen LogP contribution in [0.5, 0.6) is 0 Å². The lowest BCUT2D eigenvalue weighted by molar-refractivity contribution is -0.149. The summed E-state index contributed by atoms with van der Waals surface area (Å²) in [4.78, 5) is 28.9. The highest BCUT2D eigenvalue weighted by Crippen LogP contribution is 2.20. The highest BCUT2D eigenvalue weighted by molar-refractivity contribution is 5.92. The topological polar surface area (TPSA) is 59.5 Å². The summed E-state index contributed by atoms with van der Waals surface area (Å²) in [6.45, 7) is 3.05. The fourth-order valence-electron chi connectivity index (χ4n) is 2.27. The van der Waals surface area contributed by atoms with Crippen LogP contribution in [0.4, 0.5) is 4.39 Å². The van der Waals surface area contributed by atoms with Gasteiger partial charge in [0.1, 0.15) is 5.69 Å². The molecule has 0 aliphatic carbocycles. The monoisotopic (exact) mass is 280 g/mol. The average Bonchev–Trinajstić information content (AvgIpc) is 2.47. The molecule has 1 aliphatic rings. The van der Waals surface area contributed by atoms with Gasteiger partial charge in [0.25, 0.3) is 5.91 Å². The number of hydrogen-bond acceptors (Lipinski definition) is 4. The number of carbonyl (C=O) groups is 2. The number of amides is 1. The fraction of sp³-hybridized carbons (Fsp3) is 0.500. The molecule has 5 nitrogen and oxygen atoms in total. The Labute approximate surface area is 116 Å². The molecule has 1 saturated heterocycles. The van der Waals surface area contributed by atoms with Crippen molar-refractivity contribution in [3.05, 3.63) is 29.8 Å². The Bertz CT molecular complexity index is 499. The number of rotatable bonds is 3. The van der Waals surface area contributed by atoms with Crippen LogP contribution in [-0.4, -0.2) is 41.5 Å². The number of hydrogen-bond donors (Lipinski definition) is 0. The van der Waals surface area contributed by atoms with E-state index in [-0.39, 0.29) is 23.5 Å². The second kappa shape index (κ2) is 6.45. The Kier molecular flexibility index (Phi) is 4.65. The van der Waals surface area contributed by atoms with Gasteiger partial charge in [-0.2, -0.15) is 4.39 Å². The van der Waals surface area contributed by atoms with Crippen molar-refractivity contribution in [1.29, 1.82) is 0 Å². The van der Waals surface area contributed by atoms with Crippen molar-refractivity contribution in [1.82, 2.24) is 9.88 Å². The smallest absolute Gasteiger partial charge is 0.309 e. The van der Waals surface area contributed by atoms with Crippen LogP contribution in [0.15, 0.2) is 18.2 Å². The van der Waals surface area contributed by atoms with Gasteiger partial charge in [0.05, 0.1) is 12.5 Å². The Morgan fingerprint density at radius 1 is 1.40 bits per heavy atom. The molecule has 0 aromatic carbocycles. The number of aromatic nitrogens is 1. The van der Waals surface area contributed by atoms with Crippen molar-refractivity contribution in [2.75, 3.05) is 19.7 Å². The van der Waals surface area contributed by atoms with Crippen molar-refractivity contribution in [2.24, 2.45) is 5.92 Å². The molecule has 1 aromatic rings. The van der Waals surface area contributed by atoms with Crippen molar-refractivity contribution < 1.29 is 18.7 Å². The summed E-state index contributed by atoms with van der Waals surface area (Å²) in [7, 11) is 0. The lowest BCUT2D eigenvalue weighted by atomic mass is 9.97. The average molecular weight is 280 g/mol. The van der Waals surface area contributed by atoms with Gasteiger partial charge in [-0.15, -0.1) is 0 Å². The van der Waals surface area contributed by atoms with Crippen LogP contribution in [0.3, 0.4) is 0 Å². The van der Waals surface area contributed by atoms with Crippen LogP contribution in [0, 0.1) is 11.9 Å². The maximum atomic E-state index is 13.0. The van der Waals surface area contributed by atoms with Crippen LogP contribution in [0.1, 0.15) is 30.3 Å². The van der Waals surface area contributed by atoms with Crippen LogP contribution in [0.2, 0.25) is 0 Å². The summed E-state index contributed by atoms with van der Waals surface area (Å²) in [6.07, 6.45) is 1.14. The SMILES string of the molecule is CCOC(=O)C1CCN(C(=O)c2cccc(F)n2)CC1. The van der Waals surface area contributed by atoms with Gasteiger partial charge < -0.3 is 9.64 Å². The number of pyridine rings is 1. The highest BCUT2D eigenvalue weighted by atomic mass is 19.1. The third-order valence-electron chi connectivity index (χ3n) is 3.34. The second-order valence-corrected chi connectivity index (χ2v) is 4.66. The maximum absolute atomic E-state index is 13.0. The molecule has 0 N–H and O–H groups in total. The standard InChI is InChI=1S/C14H17FN2O3/c1-2-20-14(19)10-6-8-17(9-7-10)13(18)11-4-3-5-12(15)16-11/h3-5,10H,2,6-9H2,1H3. The lowest BCUT2D eigenvalue weighted by Crippen LogP contribution is -2.41. The summed E-state index contributed by atoms with van der Waals surface area (Å²) in [5.74, 6) is -1.33. The number of halogens is 1. The van der Waals surface area contributed by atoms with E-state index >= 15 is 0 Å². The highest BCUT2D eigenvalue weighted by Gasteiger charge is 2.29. The summed E-state index contributed by atoms with van der Waals surface area (Å²) >= 11 is 0. The maximum Gasteiger partial charge on any atom is 0.309 e. The summed E-state index contributed by atoms with van der Waals surface area (Å²) < 4.78 is 18.0. The van der Waals surface area contributed by atoms with E-state index in [2.05, 4.69) is 4.98 Å². The summed E-state index contributed by atoms with van der Waals surface area (Å²) in [5.41, 5.74) is 0.0968. The number of esters is 1. The number of likely N-dealkylation sites (tertiary alicyclic amines) is 1. The van der Waals surface area contributed by atoms with E-state index in [4.69, 9.17) is 4.74 Å². The Balaban J connectivity index is 1.93. The molecular weight excluding hydrogens is 263 g/mol. The molecule has 1 aromatic heterocycles. The van der Waals surface area contributed by atoms with Gasteiger partial charge in [0.2, 0.25) is 5.95 Å². The van der Waals surface area contributed by atoms with E-state index in [1.807, 2.05) is 0 Å². The fourth-order valence-corrected chi connectivity index (χ4v) is 2.27. The van der Waals surface area contributed by atoms with Crippen LogP contribution in [0.25, 0.3) is 0 Å². The molecule has 0 radical (unpaired) electrons. The summed E-state index contributed by atoms with van der Waals surface area (Å²) in [6, 6.07) is 4.15. The van der Waals surface area contributed by atoms with Crippen LogP contribution >= 0.6 is 0 Å². The molecule has 2 heterocycles. The van der Waals surface area contributed by atoms with Crippen molar-refractivity contribution >= 4 is 11.9 Å². The molecule has 0 saturated carbocycles. The van der Waals surface area contributed by atoms with Crippen LogP contribution in [-0.2, 0) is 9.53 Å². The second-order valence-electron chi connectivity index (χ2n) is 4.66. The largest absolute Gasteiger partial charge is 0.466 e. The van der Waals surface area contributed by atoms with Gasteiger partial charge in [-0.25, -0.2) is 4.98 Å². The van der Waals surface area contributed by atoms with Crippen molar-refractivity contribution in [3.63, 3.8) is 0 Å². The minimum Gasteiger partial charge on any atom is -0.466 e. The minimum absolute atomic E-state index is 0.0968. The van der Waals surface area contributed by atoms with E-state index in [1.54, 1.807) is 11.8 Å². The predicted molar refractivity (Wildman–Crippen MR) is 69.5 cm³/mol. The number of ether oxygens (including phenoxy) is 1. The molecule has 1 aliphatic heterocycles. The molecule has 6 heteroatoms. The Morgan fingerprint density at radius 3 is 2.70 bits per heavy atom.